The van der Waals surface area contributed by atoms with E-state index in [4.69, 9.17) is 0 Å². The fourth-order valence-corrected chi connectivity index (χ4v) is 6.44. The first-order valence-corrected chi connectivity index (χ1v) is 12.7. The number of amides is 1. The quantitative estimate of drug-likeness (QED) is 0.722. The van der Waals surface area contributed by atoms with Gasteiger partial charge < -0.3 is 9.47 Å². The molecule has 2 saturated heterocycles. The second kappa shape index (κ2) is 8.57. The van der Waals surface area contributed by atoms with Crippen LogP contribution in [0.1, 0.15) is 44.2 Å². The van der Waals surface area contributed by atoms with Gasteiger partial charge in [0.05, 0.1) is 5.69 Å². The maximum atomic E-state index is 13.3. The third-order valence-corrected chi connectivity index (χ3v) is 8.52. The molecule has 2 aliphatic heterocycles. The van der Waals surface area contributed by atoms with E-state index in [1.807, 2.05) is 17.2 Å². The van der Waals surface area contributed by atoms with Crippen LogP contribution >= 0.6 is 11.3 Å². The molecule has 0 spiro atoms. The Kier molecular flexibility index (Phi) is 6.08. The molecule has 4 rings (SSSR count). The SMILES string of the molecule is Cc1csc(-c2cc(S(=O)(=O)N3CCCCCC3)cn2CC(=O)N2CCCC2)n1. The summed E-state index contributed by atoms with van der Waals surface area (Å²) in [4.78, 5) is 19.4. The lowest BCUT2D eigenvalue weighted by atomic mass is 10.2. The average Bonchev–Trinajstić information content (AvgIpc) is 3.40. The van der Waals surface area contributed by atoms with Crippen molar-refractivity contribution < 1.29 is 13.2 Å². The van der Waals surface area contributed by atoms with E-state index < -0.39 is 10.0 Å². The van der Waals surface area contributed by atoms with Crippen molar-refractivity contribution in [2.75, 3.05) is 26.2 Å². The largest absolute Gasteiger partial charge is 0.341 e. The number of aromatic nitrogens is 2. The van der Waals surface area contributed by atoms with Crippen LogP contribution in [0.15, 0.2) is 22.5 Å². The van der Waals surface area contributed by atoms with Crippen molar-refractivity contribution in [2.45, 2.75) is 56.9 Å². The third-order valence-electron chi connectivity index (χ3n) is 5.68. The second-order valence-electron chi connectivity index (χ2n) is 7.89. The zero-order chi connectivity index (χ0) is 20.4. The fraction of sp³-hybridized carbons (Fsp3) is 0.600. The lowest BCUT2D eigenvalue weighted by Crippen LogP contribution is -2.32. The van der Waals surface area contributed by atoms with Gasteiger partial charge in [-0.1, -0.05) is 12.8 Å². The van der Waals surface area contributed by atoms with Crippen LogP contribution in [0.4, 0.5) is 0 Å². The molecule has 0 atom stereocenters. The Bertz CT molecular complexity index is 966. The second-order valence-corrected chi connectivity index (χ2v) is 10.7. The predicted octanol–water partition coefficient (Wildman–Crippen LogP) is 3.11. The topological polar surface area (TPSA) is 75.5 Å². The van der Waals surface area contributed by atoms with Gasteiger partial charge in [0.25, 0.3) is 0 Å². The van der Waals surface area contributed by atoms with E-state index in [9.17, 15) is 13.2 Å². The molecular weight excluding hydrogens is 408 g/mol. The molecule has 0 N–H and O–H groups in total. The molecule has 7 nitrogen and oxygen atoms in total. The van der Waals surface area contributed by atoms with Crippen LogP contribution in [-0.4, -0.2) is 59.3 Å². The molecule has 0 bridgehead atoms. The molecule has 2 aromatic heterocycles. The smallest absolute Gasteiger partial charge is 0.244 e. The Balaban J connectivity index is 1.67. The number of carbonyl (C=O) groups excluding carboxylic acids is 1. The number of likely N-dealkylation sites (tertiary alicyclic amines) is 1. The minimum atomic E-state index is -3.58. The summed E-state index contributed by atoms with van der Waals surface area (Å²) in [5.41, 5.74) is 1.59. The number of hydrogen-bond donors (Lipinski definition) is 0. The van der Waals surface area contributed by atoms with E-state index in [0.29, 0.717) is 18.8 Å². The van der Waals surface area contributed by atoms with Gasteiger partial charge in [-0.2, -0.15) is 4.31 Å². The number of carbonyl (C=O) groups is 1. The van der Waals surface area contributed by atoms with Crippen LogP contribution < -0.4 is 0 Å². The van der Waals surface area contributed by atoms with Crippen molar-refractivity contribution in [3.05, 3.63) is 23.3 Å². The van der Waals surface area contributed by atoms with Crippen molar-refractivity contribution >= 4 is 27.3 Å². The van der Waals surface area contributed by atoms with Crippen molar-refractivity contribution in [1.29, 1.82) is 0 Å². The summed E-state index contributed by atoms with van der Waals surface area (Å²) >= 11 is 1.47. The van der Waals surface area contributed by atoms with Gasteiger partial charge in [-0.15, -0.1) is 11.3 Å². The molecule has 2 fully saturated rings. The molecule has 0 unspecified atom stereocenters. The monoisotopic (exact) mass is 436 g/mol. The zero-order valence-corrected chi connectivity index (χ0v) is 18.5. The van der Waals surface area contributed by atoms with Crippen molar-refractivity contribution in [3.8, 4) is 10.7 Å². The Morgan fingerprint density at radius 3 is 2.34 bits per heavy atom. The van der Waals surface area contributed by atoms with Gasteiger partial charge >= 0.3 is 0 Å². The summed E-state index contributed by atoms with van der Waals surface area (Å²) in [6.45, 7) is 4.74. The minimum absolute atomic E-state index is 0.0337. The first kappa shape index (κ1) is 20.6. The molecule has 0 radical (unpaired) electrons. The first-order chi connectivity index (χ1) is 13.9. The summed E-state index contributed by atoms with van der Waals surface area (Å²) in [7, 11) is -3.58. The lowest BCUT2D eigenvalue weighted by molar-refractivity contribution is -0.130. The van der Waals surface area contributed by atoms with E-state index in [1.54, 1.807) is 21.1 Å². The maximum Gasteiger partial charge on any atom is 0.244 e. The number of thiazole rings is 1. The van der Waals surface area contributed by atoms with Crippen LogP contribution in [0.3, 0.4) is 0 Å². The van der Waals surface area contributed by atoms with Crippen LogP contribution in [0.5, 0.6) is 0 Å². The summed E-state index contributed by atoms with van der Waals surface area (Å²) in [5.74, 6) is 0.0337. The molecular formula is C20H28N4O3S2. The normalized spacial score (nSPS) is 18.9. The van der Waals surface area contributed by atoms with Crippen LogP contribution in [0.25, 0.3) is 10.7 Å². The minimum Gasteiger partial charge on any atom is -0.341 e. The van der Waals surface area contributed by atoms with Crippen LogP contribution in [-0.2, 0) is 21.4 Å². The maximum absolute atomic E-state index is 13.3. The highest BCUT2D eigenvalue weighted by atomic mass is 32.2. The molecule has 9 heteroatoms. The molecule has 2 aliphatic rings. The predicted molar refractivity (Wildman–Crippen MR) is 113 cm³/mol. The third kappa shape index (κ3) is 4.41. The average molecular weight is 437 g/mol. The van der Waals surface area contributed by atoms with Gasteiger partial charge in [0, 0.05) is 43.4 Å². The number of hydrogen-bond acceptors (Lipinski definition) is 5. The lowest BCUT2D eigenvalue weighted by Gasteiger charge is -2.19. The Labute approximate surface area is 176 Å². The summed E-state index contributed by atoms with van der Waals surface area (Å²) < 4.78 is 29.9. The van der Waals surface area contributed by atoms with E-state index in [1.165, 1.54) is 11.3 Å². The van der Waals surface area contributed by atoms with E-state index >= 15 is 0 Å². The van der Waals surface area contributed by atoms with Gasteiger partial charge in [-0.25, -0.2) is 13.4 Å². The first-order valence-electron chi connectivity index (χ1n) is 10.4. The van der Waals surface area contributed by atoms with Crippen LogP contribution in [0.2, 0.25) is 0 Å². The highest BCUT2D eigenvalue weighted by molar-refractivity contribution is 7.89. The Morgan fingerprint density at radius 2 is 1.72 bits per heavy atom. The molecule has 158 valence electrons. The Hall–Kier alpha value is -1.71. The van der Waals surface area contributed by atoms with Crippen molar-refractivity contribution in [1.82, 2.24) is 18.8 Å². The number of aryl methyl sites for hydroxylation is 1. The van der Waals surface area contributed by atoms with Gasteiger partial charge in [-0.05, 0) is 38.7 Å². The van der Waals surface area contributed by atoms with Gasteiger partial charge in [0.1, 0.15) is 16.4 Å². The van der Waals surface area contributed by atoms with Crippen LogP contribution in [0, 0.1) is 6.92 Å². The molecule has 0 aromatic carbocycles. The standard InChI is InChI=1S/C20H28N4O3S2/c1-16-15-28-20(21-16)18-12-17(29(26,27)24-10-4-2-3-5-11-24)13-23(18)14-19(25)22-8-6-7-9-22/h12-13,15H,2-11,14H2,1H3. The number of sulfonamides is 1. The number of nitrogens with zero attached hydrogens (tertiary/aromatic N) is 4. The molecule has 0 saturated carbocycles. The van der Waals surface area contributed by atoms with E-state index in [-0.39, 0.29) is 17.3 Å². The highest BCUT2D eigenvalue weighted by Crippen LogP contribution is 2.30. The van der Waals surface area contributed by atoms with Gasteiger partial charge in [0.15, 0.2) is 0 Å². The summed E-state index contributed by atoms with van der Waals surface area (Å²) in [6.07, 6.45) is 7.62. The van der Waals surface area contributed by atoms with Gasteiger partial charge in [0.2, 0.25) is 15.9 Å². The molecule has 0 aliphatic carbocycles. The molecule has 4 heterocycles. The Morgan fingerprint density at radius 1 is 1.07 bits per heavy atom. The van der Waals surface area contributed by atoms with Crippen molar-refractivity contribution in [2.24, 2.45) is 0 Å². The van der Waals surface area contributed by atoms with E-state index in [0.717, 1.165) is 62.3 Å². The summed E-state index contributed by atoms with van der Waals surface area (Å²) in [6, 6.07) is 1.69. The number of rotatable bonds is 5. The zero-order valence-electron chi connectivity index (χ0n) is 16.8. The molecule has 29 heavy (non-hydrogen) atoms. The fourth-order valence-electron chi connectivity index (χ4n) is 4.05. The van der Waals surface area contributed by atoms with E-state index in [2.05, 4.69) is 4.98 Å². The van der Waals surface area contributed by atoms with Gasteiger partial charge in [-0.3, -0.25) is 4.79 Å². The van der Waals surface area contributed by atoms with Crippen molar-refractivity contribution in [3.63, 3.8) is 0 Å². The molecule has 2 aromatic rings. The highest BCUT2D eigenvalue weighted by Gasteiger charge is 2.29. The summed E-state index contributed by atoms with van der Waals surface area (Å²) in [5, 5.41) is 2.69. The molecule has 1 amide bonds.